The van der Waals surface area contributed by atoms with Crippen LogP contribution in [0.3, 0.4) is 0 Å². The maximum Gasteiger partial charge on any atom is 0.338 e. The Morgan fingerprint density at radius 3 is 1.42 bits per heavy atom. The van der Waals surface area contributed by atoms with Crippen LogP contribution in [0.1, 0.15) is 20.7 Å². The van der Waals surface area contributed by atoms with Crippen molar-refractivity contribution in [1.29, 1.82) is 0 Å². The van der Waals surface area contributed by atoms with Crippen LogP contribution in [-0.4, -0.2) is 49.6 Å². The molecule has 4 rings (SSSR count). The summed E-state index contributed by atoms with van der Waals surface area (Å²) < 4.78 is 21.9. The van der Waals surface area contributed by atoms with Crippen LogP contribution in [0.25, 0.3) is 0 Å². The quantitative estimate of drug-likeness (QED) is 0.741. The van der Waals surface area contributed by atoms with E-state index >= 15 is 0 Å². The van der Waals surface area contributed by atoms with E-state index in [-0.39, 0.29) is 49.6 Å². The van der Waals surface area contributed by atoms with E-state index in [0.717, 1.165) is 0 Å². The van der Waals surface area contributed by atoms with Gasteiger partial charge < -0.3 is 18.9 Å². The molecular formula is C20H18O6. The van der Waals surface area contributed by atoms with E-state index in [1.165, 1.54) is 0 Å². The van der Waals surface area contributed by atoms with Crippen LogP contribution < -0.4 is 0 Å². The van der Waals surface area contributed by atoms with Crippen molar-refractivity contribution in [1.82, 2.24) is 0 Å². The van der Waals surface area contributed by atoms with Crippen LogP contribution in [0.4, 0.5) is 0 Å². The Morgan fingerprint density at radius 1 is 0.692 bits per heavy atom. The lowest BCUT2D eigenvalue weighted by molar-refractivity contribution is -0.376. The predicted octanol–water partition coefficient (Wildman–Crippen LogP) is 2.24. The topological polar surface area (TPSA) is 71.1 Å². The van der Waals surface area contributed by atoms with Crippen molar-refractivity contribution in [2.24, 2.45) is 0 Å². The lowest BCUT2D eigenvalue weighted by Gasteiger charge is -2.56. The minimum absolute atomic E-state index is 0.112. The summed E-state index contributed by atoms with van der Waals surface area (Å²) in [5.74, 6) is -0.768. The first-order chi connectivity index (χ1) is 12.7. The molecule has 0 spiro atoms. The highest BCUT2D eigenvalue weighted by molar-refractivity contribution is 5.89. The monoisotopic (exact) mass is 354 g/mol. The summed E-state index contributed by atoms with van der Waals surface area (Å²) in [5.41, 5.74) is 1.01. The van der Waals surface area contributed by atoms with E-state index in [1.54, 1.807) is 48.5 Å². The van der Waals surface area contributed by atoms with E-state index < -0.39 is 0 Å². The molecule has 2 aliphatic heterocycles. The highest BCUT2D eigenvalue weighted by Crippen LogP contribution is 2.39. The number of ether oxygens (including phenoxy) is 4. The summed E-state index contributed by atoms with van der Waals surface area (Å²) in [7, 11) is 0. The summed E-state index contributed by atoms with van der Waals surface area (Å²) in [6.07, 6.45) is -0.763. The largest absolute Gasteiger partial charge is 0.459 e. The maximum atomic E-state index is 11.9. The Kier molecular flexibility index (Phi) is 4.69. The molecule has 6 heteroatoms. The Bertz CT molecular complexity index is 708. The Labute approximate surface area is 150 Å². The second kappa shape index (κ2) is 7.27. The van der Waals surface area contributed by atoms with Crippen molar-refractivity contribution in [3.8, 4) is 0 Å². The molecule has 2 aliphatic rings. The highest BCUT2D eigenvalue weighted by atomic mass is 16.7. The fourth-order valence-corrected chi connectivity index (χ4v) is 3.03. The highest BCUT2D eigenvalue weighted by Gasteiger charge is 2.58. The van der Waals surface area contributed by atoms with Gasteiger partial charge in [0.25, 0.3) is 0 Å². The van der Waals surface area contributed by atoms with Crippen molar-refractivity contribution in [3.63, 3.8) is 0 Å². The zero-order valence-electron chi connectivity index (χ0n) is 13.9. The lowest BCUT2D eigenvalue weighted by Crippen LogP contribution is -2.72. The standard InChI is InChI=1S/C20H18O6/c21-19(13-7-3-1-4-8-13)23-11-15-17-18(25-15)16(26-17)12-24-20(22)14-9-5-2-6-10-14/h1-10,15-18H,11-12H2/t15-,16+,17-,18-/m0/s1. The minimum atomic E-state index is -0.384. The van der Waals surface area contributed by atoms with Gasteiger partial charge in [-0.25, -0.2) is 9.59 Å². The van der Waals surface area contributed by atoms with Crippen molar-refractivity contribution >= 4 is 11.9 Å². The van der Waals surface area contributed by atoms with E-state index in [2.05, 4.69) is 0 Å². The molecule has 0 N–H and O–H groups in total. The molecule has 2 fully saturated rings. The maximum absolute atomic E-state index is 11.9. The number of carbonyl (C=O) groups excluding carboxylic acids is 2. The third-order valence-corrected chi connectivity index (χ3v) is 4.50. The minimum Gasteiger partial charge on any atom is -0.459 e. The van der Waals surface area contributed by atoms with Gasteiger partial charge in [0.2, 0.25) is 0 Å². The van der Waals surface area contributed by atoms with E-state index in [9.17, 15) is 9.59 Å². The molecule has 26 heavy (non-hydrogen) atoms. The average molecular weight is 354 g/mol. The summed E-state index contributed by atoms with van der Waals surface area (Å²) in [6, 6.07) is 17.6. The molecule has 0 unspecified atom stereocenters. The first kappa shape index (κ1) is 16.8. The fraction of sp³-hybridized carbons (Fsp3) is 0.300. The normalized spacial score (nSPS) is 26.0. The molecular weight excluding hydrogens is 336 g/mol. The molecule has 0 radical (unpaired) electrons. The predicted molar refractivity (Wildman–Crippen MR) is 90.8 cm³/mol. The van der Waals surface area contributed by atoms with E-state index in [1.807, 2.05) is 12.1 Å². The van der Waals surface area contributed by atoms with Crippen LogP contribution in [0.2, 0.25) is 0 Å². The molecule has 0 aromatic heterocycles. The SMILES string of the molecule is O=C(OC[C@@H]1O[C@@H]2[C@H]1O[C@@H]2COC(=O)c1ccccc1)c1ccccc1. The van der Waals surface area contributed by atoms with Crippen molar-refractivity contribution < 1.29 is 28.5 Å². The van der Waals surface area contributed by atoms with Crippen LogP contribution >= 0.6 is 0 Å². The van der Waals surface area contributed by atoms with Crippen molar-refractivity contribution in [2.45, 2.75) is 24.4 Å². The van der Waals surface area contributed by atoms with Gasteiger partial charge in [-0.15, -0.1) is 0 Å². The van der Waals surface area contributed by atoms with Crippen LogP contribution in [-0.2, 0) is 18.9 Å². The van der Waals surface area contributed by atoms with Gasteiger partial charge in [0, 0.05) is 0 Å². The van der Waals surface area contributed by atoms with Gasteiger partial charge >= 0.3 is 11.9 Å². The molecule has 2 aromatic carbocycles. The summed E-state index contributed by atoms with van der Waals surface area (Å²) >= 11 is 0. The molecule has 2 saturated heterocycles. The second-order valence-corrected chi connectivity index (χ2v) is 6.21. The van der Waals surface area contributed by atoms with Gasteiger partial charge in [-0.3, -0.25) is 0 Å². The van der Waals surface area contributed by atoms with Gasteiger partial charge in [-0.2, -0.15) is 0 Å². The van der Waals surface area contributed by atoms with E-state index in [4.69, 9.17) is 18.9 Å². The fourth-order valence-electron chi connectivity index (χ4n) is 3.03. The Hall–Kier alpha value is -2.70. The van der Waals surface area contributed by atoms with Crippen LogP contribution in [0.15, 0.2) is 60.7 Å². The first-order valence-electron chi connectivity index (χ1n) is 8.47. The van der Waals surface area contributed by atoms with Crippen LogP contribution in [0, 0.1) is 0 Å². The zero-order chi connectivity index (χ0) is 17.9. The van der Waals surface area contributed by atoms with Gasteiger partial charge in [0.05, 0.1) is 11.1 Å². The molecule has 0 saturated carbocycles. The number of rotatable bonds is 6. The molecule has 134 valence electrons. The lowest BCUT2D eigenvalue weighted by atomic mass is 9.90. The smallest absolute Gasteiger partial charge is 0.338 e. The molecule has 0 bridgehead atoms. The molecule has 0 amide bonds. The number of benzene rings is 2. The van der Waals surface area contributed by atoms with Gasteiger partial charge in [-0.05, 0) is 24.3 Å². The molecule has 2 heterocycles. The van der Waals surface area contributed by atoms with Crippen LogP contribution in [0.5, 0.6) is 0 Å². The Balaban J connectivity index is 1.17. The number of hydrogen-bond acceptors (Lipinski definition) is 6. The summed E-state index contributed by atoms with van der Waals surface area (Å²) in [6.45, 7) is 0.289. The van der Waals surface area contributed by atoms with Gasteiger partial charge in [-0.1, -0.05) is 36.4 Å². The number of esters is 2. The van der Waals surface area contributed by atoms with Gasteiger partial charge in [0.1, 0.15) is 37.6 Å². The Morgan fingerprint density at radius 2 is 1.08 bits per heavy atom. The number of carbonyl (C=O) groups is 2. The van der Waals surface area contributed by atoms with Crippen molar-refractivity contribution in [2.75, 3.05) is 13.2 Å². The molecule has 4 atom stereocenters. The average Bonchev–Trinajstić information content (AvgIpc) is 2.69. The molecule has 2 aromatic rings. The van der Waals surface area contributed by atoms with Gasteiger partial charge in [0.15, 0.2) is 0 Å². The summed E-state index contributed by atoms with van der Waals surface area (Å²) in [5, 5.41) is 0. The third-order valence-electron chi connectivity index (χ3n) is 4.50. The number of hydrogen-bond donors (Lipinski definition) is 0. The summed E-state index contributed by atoms with van der Waals surface area (Å²) in [4.78, 5) is 23.8. The zero-order valence-corrected chi connectivity index (χ0v) is 13.9. The molecule has 0 aliphatic carbocycles. The number of fused-ring (bicyclic) bond motifs is 1. The van der Waals surface area contributed by atoms with E-state index in [0.29, 0.717) is 11.1 Å². The van der Waals surface area contributed by atoms with Crippen molar-refractivity contribution in [3.05, 3.63) is 71.8 Å². The second-order valence-electron chi connectivity index (χ2n) is 6.21. The first-order valence-corrected chi connectivity index (χ1v) is 8.47. The molecule has 6 nitrogen and oxygen atoms in total. The third kappa shape index (κ3) is 3.34.